The van der Waals surface area contributed by atoms with E-state index in [1.165, 1.54) is 10.9 Å². The SMILES string of the molecule is C[C@H](N)Cn1cc(C(=O)OC(C)(C)C)nn1. The number of hydrogen-bond acceptors (Lipinski definition) is 5. The predicted octanol–water partition coefficient (Wildman–Crippen LogP) is 0.581. The predicted molar refractivity (Wildman–Crippen MR) is 58.8 cm³/mol. The highest BCUT2D eigenvalue weighted by atomic mass is 16.6. The number of hydrogen-bond donors (Lipinski definition) is 1. The molecule has 0 aliphatic rings. The van der Waals surface area contributed by atoms with E-state index in [-0.39, 0.29) is 11.7 Å². The quantitative estimate of drug-likeness (QED) is 0.762. The number of esters is 1. The van der Waals surface area contributed by atoms with Crippen LogP contribution in [-0.2, 0) is 11.3 Å². The van der Waals surface area contributed by atoms with E-state index < -0.39 is 11.6 Å². The van der Waals surface area contributed by atoms with E-state index in [9.17, 15) is 4.79 Å². The zero-order valence-electron chi connectivity index (χ0n) is 10.1. The van der Waals surface area contributed by atoms with Gasteiger partial charge in [0.2, 0.25) is 0 Å². The average Bonchev–Trinajstić information content (AvgIpc) is 2.48. The fourth-order valence-electron chi connectivity index (χ4n) is 1.11. The van der Waals surface area contributed by atoms with Crippen LogP contribution >= 0.6 is 0 Å². The Morgan fingerprint density at radius 1 is 1.62 bits per heavy atom. The first-order valence-corrected chi connectivity index (χ1v) is 5.17. The number of carbonyl (C=O) groups excluding carboxylic acids is 1. The zero-order chi connectivity index (χ0) is 12.3. The lowest BCUT2D eigenvalue weighted by Gasteiger charge is -2.18. The van der Waals surface area contributed by atoms with Crippen LogP contribution in [0.5, 0.6) is 0 Å². The highest BCUT2D eigenvalue weighted by molar-refractivity contribution is 5.86. The first-order valence-electron chi connectivity index (χ1n) is 5.17. The monoisotopic (exact) mass is 226 g/mol. The molecule has 0 unspecified atom stereocenters. The van der Waals surface area contributed by atoms with Crippen molar-refractivity contribution in [2.75, 3.05) is 0 Å². The normalized spacial score (nSPS) is 13.6. The fourth-order valence-corrected chi connectivity index (χ4v) is 1.11. The van der Waals surface area contributed by atoms with Gasteiger partial charge in [-0.15, -0.1) is 5.10 Å². The molecular weight excluding hydrogens is 208 g/mol. The first-order chi connectivity index (χ1) is 7.28. The summed E-state index contributed by atoms with van der Waals surface area (Å²) in [5.74, 6) is -0.469. The topological polar surface area (TPSA) is 83.0 Å². The molecule has 6 nitrogen and oxygen atoms in total. The molecule has 1 aromatic heterocycles. The highest BCUT2D eigenvalue weighted by Crippen LogP contribution is 2.10. The number of nitrogens with two attached hydrogens (primary N) is 1. The Kier molecular flexibility index (Phi) is 3.64. The molecule has 1 rings (SSSR count). The zero-order valence-corrected chi connectivity index (χ0v) is 10.1. The number of nitrogens with zero attached hydrogens (tertiary/aromatic N) is 3. The third kappa shape index (κ3) is 3.98. The standard InChI is InChI=1S/C10H18N4O2/c1-7(11)5-14-6-8(12-13-14)9(15)16-10(2,3)4/h6-7H,5,11H2,1-4H3/t7-/m0/s1. The third-order valence-corrected chi connectivity index (χ3v) is 1.62. The largest absolute Gasteiger partial charge is 0.455 e. The maximum absolute atomic E-state index is 11.6. The van der Waals surface area contributed by atoms with Gasteiger partial charge in [0.1, 0.15) is 5.60 Å². The van der Waals surface area contributed by atoms with E-state index in [0.29, 0.717) is 6.54 Å². The lowest BCUT2D eigenvalue weighted by atomic mass is 10.2. The second-order valence-electron chi connectivity index (χ2n) is 4.80. The van der Waals surface area contributed by atoms with Gasteiger partial charge in [-0.25, -0.2) is 4.79 Å². The van der Waals surface area contributed by atoms with Crippen molar-refractivity contribution >= 4 is 5.97 Å². The summed E-state index contributed by atoms with van der Waals surface area (Å²) >= 11 is 0. The van der Waals surface area contributed by atoms with Crippen LogP contribution in [0.4, 0.5) is 0 Å². The Balaban J connectivity index is 2.67. The van der Waals surface area contributed by atoms with E-state index in [1.54, 1.807) is 20.8 Å². The van der Waals surface area contributed by atoms with Crippen LogP contribution in [0.25, 0.3) is 0 Å². The Labute approximate surface area is 94.8 Å². The van der Waals surface area contributed by atoms with Crippen molar-refractivity contribution in [3.05, 3.63) is 11.9 Å². The number of aromatic nitrogens is 3. The van der Waals surface area contributed by atoms with E-state index in [0.717, 1.165) is 0 Å². The molecule has 1 atom stereocenters. The summed E-state index contributed by atoms with van der Waals surface area (Å²) in [6, 6.07) is -0.0341. The average molecular weight is 226 g/mol. The molecule has 0 aromatic carbocycles. The summed E-state index contributed by atoms with van der Waals surface area (Å²) in [7, 11) is 0. The molecule has 0 bridgehead atoms. The molecule has 0 radical (unpaired) electrons. The third-order valence-electron chi connectivity index (χ3n) is 1.62. The van der Waals surface area contributed by atoms with Crippen LogP contribution in [0, 0.1) is 0 Å². The summed E-state index contributed by atoms with van der Waals surface area (Å²) in [4.78, 5) is 11.6. The Bertz CT molecular complexity index is 365. The Morgan fingerprint density at radius 3 is 2.75 bits per heavy atom. The maximum Gasteiger partial charge on any atom is 0.361 e. The maximum atomic E-state index is 11.6. The van der Waals surface area contributed by atoms with Crippen LogP contribution in [0.1, 0.15) is 38.2 Å². The van der Waals surface area contributed by atoms with E-state index in [2.05, 4.69) is 10.3 Å². The van der Waals surface area contributed by atoms with Crippen molar-refractivity contribution in [1.29, 1.82) is 0 Å². The van der Waals surface area contributed by atoms with Gasteiger partial charge in [0.05, 0.1) is 12.7 Å². The molecule has 1 heterocycles. The van der Waals surface area contributed by atoms with Gasteiger partial charge in [0.15, 0.2) is 5.69 Å². The fraction of sp³-hybridized carbons (Fsp3) is 0.700. The molecule has 0 aliphatic heterocycles. The van der Waals surface area contributed by atoms with Gasteiger partial charge >= 0.3 is 5.97 Å². The van der Waals surface area contributed by atoms with E-state index in [1.807, 2.05) is 6.92 Å². The summed E-state index contributed by atoms with van der Waals surface area (Å²) in [5, 5.41) is 7.53. The van der Waals surface area contributed by atoms with Gasteiger partial charge in [-0.3, -0.25) is 4.68 Å². The molecule has 0 aliphatic carbocycles. The van der Waals surface area contributed by atoms with Crippen molar-refractivity contribution in [3.63, 3.8) is 0 Å². The summed E-state index contributed by atoms with van der Waals surface area (Å²) in [5.41, 5.74) is 5.29. The van der Waals surface area contributed by atoms with Crippen LogP contribution in [0.15, 0.2) is 6.20 Å². The molecule has 6 heteroatoms. The number of carbonyl (C=O) groups is 1. The first kappa shape index (κ1) is 12.6. The molecule has 90 valence electrons. The highest BCUT2D eigenvalue weighted by Gasteiger charge is 2.20. The van der Waals surface area contributed by atoms with Crippen LogP contribution in [0.2, 0.25) is 0 Å². The Hall–Kier alpha value is -1.43. The molecule has 16 heavy (non-hydrogen) atoms. The van der Waals surface area contributed by atoms with Crippen LogP contribution < -0.4 is 5.73 Å². The minimum Gasteiger partial charge on any atom is -0.455 e. The van der Waals surface area contributed by atoms with Gasteiger partial charge in [-0.05, 0) is 27.7 Å². The number of rotatable bonds is 3. The molecule has 1 aromatic rings. The summed E-state index contributed by atoms with van der Waals surface area (Å²) < 4.78 is 6.69. The minimum atomic E-state index is -0.526. The molecule has 2 N–H and O–H groups in total. The van der Waals surface area contributed by atoms with Crippen molar-refractivity contribution < 1.29 is 9.53 Å². The molecule has 0 saturated heterocycles. The van der Waals surface area contributed by atoms with Gasteiger partial charge in [-0.1, -0.05) is 5.21 Å². The van der Waals surface area contributed by atoms with Crippen LogP contribution in [-0.4, -0.2) is 32.6 Å². The van der Waals surface area contributed by atoms with E-state index >= 15 is 0 Å². The van der Waals surface area contributed by atoms with Crippen molar-refractivity contribution in [1.82, 2.24) is 15.0 Å². The van der Waals surface area contributed by atoms with Crippen molar-refractivity contribution in [3.8, 4) is 0 Å². The van der Waals surface area contributed by atoms with Gasteiger partial charge in [0, 0.05) is 6.04 Å². The second kappa shape index (κ2) is 4.61. The second-order valence-corrected chi connectivity index (χ2v) is 4.80. The van der Waals surface area contributed by atoms with E-state index in [4.69, 9.17) is 10.5 Å². The lowest BCUT2D eigenvalue weighted by molar-refractivity contribution is 0.00627. The molecule has 0 saturated carbocycles. The Morgan fingerprint density at radius 2 is 2.25 bits per heavy atom. The molecule has 0 spiro atoms. The van der Waals surface area contributed by atoms with Crippen LogP contribution in [0.3, 0.4) is 0 Å². The summed E-state index contributed by atoms with van der Waals surface area (Å²) in [6.45, 7) is 7.79. The smallest absolute Gasteiger partial charge is 0.361 e. The van der Waals surface area contributed by atoms with Crippen molar-refractivity contribution in [2.24, 2.45) is 5.73 Å². The minimum absolute atomic E-state index is 0.0341. The van der Waals surface area contributed by atoms with Gasteiger partial charge in [0.25, 0.3) is 0 Å². The molecular formula is C10H18N4O2. The van der Waals surface area contributed by atoms with Gasteiger partial charge in [-0.2, -0.15) is 0 Å². The molecule has 0 amide bonds. The number of ether oxygens (including phenoxy) is 1. The van der Waals surface area contributed by atoms with Gasteiger partial charge < -0.3 is 10.5 Å². The lowest BCUT2D eigenvalue weighted by Crippen LogP contribution is -2.24. The van der Waals surface area contributed by atoms with Crippen molar-refractivity contribution in [2.45, 2.75) is 45.9 Å². The summed E-state index contributed by atoms with van der Waals surface area (Å²) in [6.07, 6.45) is 1.54. The molecule has 0 fully saturated rings.